The fourth-order valence-corrected chi connectivity index (χ4v) is 2.79. The van der Waals surface area contributed by atoms with Gasteiger partial charge in [-0.1, -0.05) is 0 Å². The second kappa shape index (κ2) is 5.23. The molecular formula is C17H14FN5O. The maximum atomic E-state index is 14.4. The molecule has 0 atom stereocenters. The number of aromatic nitrogens is 5. The number of hydrogen-bond acceptors (Lipinski definition) is 5. The number of hydrogen-bond donors (Lipinski definition) is 0. The molecule has 0 amide bonds. The number of halogens is 1. The van der Waals surface area contributed by atoms with Gasteiger partial charge in [-0.3, -0.25) is 9.38 Å². The van der Waals surface area contributed by atoms with E-state index in [1.807, 2.05) is 19.9 Å². The number of rotatable bonds is 2. The van der Waals surface area contributed by atoms with Crippen LogP contribution in [0.25, 0.3) is 28.1 Å². The zero-order valence-corrected chi connectivity index (χ0v) is 13.4. The van der Waals surface area contributed by atoms with Gasteiger partial charge < -0.3 is 4.74 Å². The van der Waals surface area contributed by atoms with Gasteiger partial charge in [-0.2, -0.15) is 0 Å². The molecule has 1 aromatic carbocycles. The van der Waals surface area contributed by atoms with E-state index in [-0.39, 0.29) is 5.52 Å². The number of methoxy groups -OCH3 is 1. The summed E-state index contributed by atoms with van der Waals surface area (Å²) in [7, 11) is 1.50. The third-order valence-corrected chi connectivity index (χ3v) is 4.04. The highest BCUT2D eigenvalue weighted by atomic mass is 19.1. The summed E-state index contributed by atoms with van der Waals surface area (Å²) in [6, 6.07) is 4.93. The van der Waals surface area contributed by atoms with Gasteiger partial charge in [-0.15, -0.1) is 10.2 Å². The molecule has 7 heteroatoms. The van der Waals surface area contributed by atoms with Crippen LogP contribution in [-0.4, -0.2) is 31.7 Å². The monoisotopic (exact) mass is 323 g/mol. The molecule has 0 fully saturated rings. The van der Waals surface area contributed by atoms with Crippen molar-refractivity contribution in [1.29, 1.82) is 0 Å². The molecule has 0 N–H and O–H groups in total. The first kappa shape index (κ1) is 14.5. The lowest BCUT2D eigenvalue weighted by Crippen LogP contribution is -2.00. The van der Waals surface area contributed by atoms with Crippen LogP contribution in [-0.2, 0) is 0 Å². The van der Waals surface area contributed by atoms with Crippen molar-refractivity contribution < 1.29 is 9.13 Å². The minimum Gasteiger partial charge on any atom is -0.497 e. The summed E-state index contributed by atoms with van der Waals surface area (Å²) < 4.78 is 21.3. The van der Waals surface area contributed by atoms with Gasteiger partial charge in [-0.05, 0) is 25.5 Å². The van der Waals surface area contributed by atoms with Crippen molar-refractivity contribution in [2.75, 3.05) is 7.11 Å². The van der Waals surface area contributed by atoms with E-state index in [1.165, 1.54) is 13.2 Å². The van der Waals surface area contributed by atoms with Crippen LogP contribution in [0.4, 0.5) is 4.39 Å². The van der Waals surface area contributed by atoms with E-state index in [0.29, 0.717) is 28.4 Å². The van der Waals surface area contributed by atoms with Crippen molar-refractivity contribution in [3.05, 3.63) is 47.7 Å². The van der Waals surface area contributed by atoms with Gasteiger partial charge in [0.2, 0.25) is 0 Å². The van der Waals surface area contributed by atoms with Gasteiger partial charge >= 0.3 is 0 Å². The minimum atomic E-state index is -0.487. The van der Waals surface area contributed by atoms with E-state index in [9.17, 15) is 4.39 Å². The van der Waals surface area contributed by atoms with Gasteiger partial charge in [0.05, 0.1) is 18.3 Å². The molecule has 0 radical (unpaired) electrons. The molecule has 0 saturated carbocycles. The van der Waals surface area contributed by atoms with E-state index >= 15 is 0 Å². The smallest absolute Gasteiger partial charge is 0.183 e. The zero-order valence-electron chi connectivity index (χ0n) is 13.4. The average Bonchev–Trinajstić information content (AvgIpc) is 2.92. The summed E-state index contributed by atoms with van der Waals surface area (Å²) in [6.07, 6.45) is 3.47. The second-order valence-electron chi connectivity index (χ2n) is 5.55. The molecule has 4 aromatic rings. The van der Waals surface area contributed by atoms with Crippen LogP contribution in [0.5, 0.6) is 5.75 Å². The van der Waals surface area contributed by atoms with E-state index in [1.54, 1.807) is 22.9 Å². The quantitative estimate of drug-likeness (QED) is 0.567. The number of imidazole rings is 1. The predicted molar refractivity (Wildman–Crippen MR) is 87.5 cm³/mol. The van der Waals surface area contributed by atoms with Gasteiger partial charge in [0, 0.05) is 30.1 Å². The molecule has 0 spiro atoms. The molecule has 0 saturated heterocycles. The number of aryl methyl sites for hydroxylation is 2. The third-order valence-electron chi connectivity index (χ3n) is 4.04. The van der Waals surface area contributed by atoms with E-state index in [0.717, 1.165) is 11.1 Å². The van der Waals surface area contributed by atoms with Crippen LogP contribution < -0.4 is 4.74 Å². The summed E-state index contributed by atoms with van der Waals surface area (Å²) in [6.45, 7) is 3.83. The Kier molecular flexibility index (Phi) is 3.16. The van der Waals surface area contributed by atoms with Crippen LogP contribution in [0.15, 0.2) is 30.6 Å². The lowest BCUT2D eigenvalue weighted by Gasteiger charge is -2.08. The predicted octanol–water partition coefficient (Wildman–Crippen LogP) is 3.10. The Balaban J connectivity index is 2.19. The Hall–Kier alpha value is -3.09. The Labute approximate surface area is 137 Å². The molecule has 24 heavy (non-hydrogen) atoms. The maximum absolute atomic E-state index is 14.4. The molecule has 3 aromatic heterocycles. The van der Waals surface area contributed by atoms with E-state index in [2.05, 4.69) is 20.2 Å². The summed E-state index contributed by atoms with van der Waals surface area (Å²) >= 11 is 0. The first-order valence-corrected chi connectivity index (χ1v) is 7.40. The highest BCUT2D eigenvalue weighted by Crippen LogP contribution is 2.29. The molecule has 0 aliphatic rings. The lowest BCUT2D eigenvalue weighted by atomic mass is 10.1. The SMILES string of the molecule is COc1cc(F)c2nnc3c(C)nc(-c4cnccc4C)n3c2c1. The third kappa shape index (κ3) is 2.01. The highest BCUT2D eigenvalue weighted by Gasteiger charge is 2.18. The summed E-state index contributed by atoms with van der Waals surface area (Å²) in [5, 5.41) is 8.17. The zero-order chi connectivity index (χ0) is 16.8. The average molecular weight is 323 g/mol. The van der Waals surface area contributed by atoms with Crippen LogP contribution in [0.3, 0.4) is 0 Å². The van der Waals surface area contributed by atoms with Crippen LogP contribution in [0.2, 0.25) is 0 Å². The first-order chi connectivity index (χ1) is 11.6. The largest absolute Gasteiger partial charge is 0.497 e. The molecule has 3 heterocycles. The molecule has 0 bridgehead atoms. The number of nitrogens with zero attached hydrogens (tertiary/aromatic N) is 5. The molecule has 6 nitrogen and oxygen atoms in total. The van der Waals surface area contributed by atoms with Crippen molar-refractivity contribution in [3.63, 3.8) is 0 Å². The molecule has 0 aliphatic carbocycles. The van der Waals surface area contributed by atoms with Crippen LogP contribution in [0, 0.1) is 19.7 Å². The number of fused-ring (bicyclic) bond motifs is 3. The van der Waals surface area contributed by atoms with Crippen LogP contribution >= 0.6 is 0 Å². The molecule has 4 rings (SSSR count). The number of benzene rings is 1. The van der Waals surface area contributed by atoms with Crippen molar-refractivity contribution in [2.45, 2.75) is 13.8 Å². The van der Waals surface area contributed by atoms with Gasteiger partial charge in [0.15, 0.2) is 11.5 Å². The topological polar surface area (TPSA) is 65.2 Å². The molecule has 0 unspecified atom stereocenters. The van der Waals surface area contributed by atoms with E-state index < -0.39 is 5.82 Å². The fourth-order valence-electron chi connectivity index (χ4n) is 2.79. The minimum absolute atomic E-state index is 0.170. The Morgan fingerprint density at radius 3 is 2.75 bits per heavy atom. The highest BCUT2D eigenvalue weighted by molar-refractivity contribution is 5.82. The lowest BCUT2D eigenvalue weighted by molar-refractivity contribution is 0.412. The Morgan fingerprint density at radius 2 is 2.00 bits per heavy atom. The summed E-state index contributed by atoms with van der Waals surface area (Å²) in [5.41, 5.74) is 3.89. The fraction of sp³-hybridized carbons (Fsp3) is 0.176. The molecule has 120 valence electrons. The number of pyridine rings is 1. The first-order valence-electron chi connectivity index (χ1n) is 7.40. The van der Waals surface area contributed by atoms with E-state index in [4.69, 9.17) is 4.74 Å². The van der Waals surface area contributed by atoms with Crippen molar-refractivity contribution in [3.8, 4) is 17.1 Å². The van der Waals surface area contributed by atoms with Crippen molar-refractivity contribution in [2.24, 2.45) is 0 Å². The normalized spacial score (nSPS) is 11.3. The van der Waals surface area contributed by atoms with Crippen LogP contribution in [0.1, 0.15) is 11.3 Å². The Morgan fingerprint density at radius 1 is 1.17 bits per heavy atom. The number of ether oxygens (including phenoxy) is 1. The molecule has 0 aliphatic heterocycles. The standard InChI is InChI=1S/C17H14FN5O/c1-9-4-5-19-8-12(9)17-20-10(2)16-22-21-15-13(18)6-11(24-3)7-14(15)23(16)17/h4-8H,1-3H3. The summed E-state index contributed by atoms with van der Waals surface area (Å²) in [4.78, 5) is 8.79. The van der Waals surface area contributed by atoms with Gasteiger partial charge in [-0.25, -0.2) is 9.37 Å². The maximum Gasteiger partial charge on any atom is 0.183 e. The van der Waals surface area contributed by atoms with Gasteiger partial charge in [0.1, 0.15) is 17.1 Å². The Bertz CT molecular complexity index is 1090. The van der Waals surface area contributed by atoms with Gasteiger partial charge in [0.25, 0.3) is 0 Å². The summed E-state index contributed by atoms with van der Waals surface area (Å²) in [5.74, 6) is 0.578. The second-order valence-corrected chi connectivity index (χ2v) is 5.55. The molecular weight excluding hydrogens is 309 g/mol. The van der Waals surface area contributed by atoms with Crippen molar-refractivity contribution >= 4 is 16.7 Å². The van der Waals surface area contributed by atoms with Crippen molar-refractivity contribution in [1.82, 2.24) is 24.6 Å².